The lowest BCUT2D eigenvalue weighted by atomic mass is 10.1. The van der Waals surface area contributed by atoms with Gasteiger partial charge in [0, 0.05) is 12.6 Å². The standard InChI is InChI=1S/C12H18N4O3/c13-11-5-4-10(16(17)18)12(14-11)19-9-8-15-6-2-1-3-7-15/h4-5H,1-3,6-9H2,(H2,13,14). The Hall–Kier alpha value is -1.89. The average Bonchev–Trinajstić information content (AvgIpc) is 2.39. The molecule has 0 bridgehead atoms. The Bertz CT molecular complexity index is 447. The zero-order valence-electron chi connectivity index (χ0n) is 10.7. The third-order valence-corrected chi connectivity index (χ3v) is 3.15. The average molecular weight is 266 g/mol. The first-order valence-electron chi connectivity index (χ1n) is 6.43. The summed E-state index contributed by atoms with van der Waals surface area (Å²) in [7, 11) is 0. The molecule has 0 radical (unpaired) electrons. The molecule has 1 aromatic rings. The quantitative estimate of drug-likeness (QED) is 0.640. The van der Waals surface area contributed by atoms with Gasteiger partial charge in [0.15, 0.2) is 0 Å². The SMILES string of the molecule is Nc1ccc([N+](=O)[O-])c(OCCN2CCCCC2)n1. The highest BCUT2D eigenvalue weighted by Gasteiger charge is 2.17. The Morgan fingerprint density at radius 3 is 2.79 bits per heavy atom. The van der Waals surface area contributed by atoms with Crippen molar-refractivity contribution in [1.82, 2.24) is 9.88 Å². The van der Waals surface area contributed by atoms with E-state index in [2.05, 4.69) is 9.88 Å². The number of aromatic nitrogens is 1. The minimum absolute atomic E-state index is 0.00186. The molecule has 7 heteroatoms. The maximum Gasteiger partial charge on any atom is 0.331 e. The second-order valence-electron chi connectivity index (χ2n) is 4.57. The van der Waals surface area contributed by atoms with Crippen LogP contribution in [0.4, 0.5) is 11.5 Å². The first-order valence-corrected chi connectivity index (χ1v) is 6.43. The summed E-state index contributed by atoms with van der Waals surface area (Å²) in [6, 6.07) is 2.72. The number of nitrogen functional groups attached to an aromatic ring is 1. The summed E-state index contributed by atoms with van der Waals surface area (Å²) in [6.07, 6.45) is 3.69. The minimum Gasteiger partial charge on any atom is -0.471 e. The molecule has 0 saturated carbocycles. The molecule has 1 fully saturated rings. The van der Waals surface area contributed by atoms with E-state index in [1.165, 1.54) is 31.4 Å². The van der Waals surface area contributed by atoms with E-state index in [1.807, 2.05) is 0 Å². The first kappa shape index (κ1) is 13.5. The fourth-order valence-corrected chi connectivity index (χ4v) is 2.15. The molecule has 2 rings (SSSR count). The van der Waals surface area contributed by atoms with E-state index in [0.717, 1.165) is 19.6 Å². The van der Waals surface area contributed by atoms with Crippen LogP contribution in [0, 0.1) is 10.1 Å². The van der Waals surface area contributed by atoms with E-state index in [9.17, 15) is 10.1 Å². The largest absolute Gasteiger partial charge is 0.471 e. The number of likely N-dealkylation sites (tertiary alicyclic amines) is 1. The van der Waals surface area contributed by atoms with E-state index < -0.39 is 4.92 Å². The van der Waals surface area contributed by atoms with Crippen molar-refractivity contribution in [2.24, 2.45) is 0 Å². The van der Waals surface area contributed by atoms with Crippen LogP contribution in [0.15, 0.2) is 12.1 Å². The summed E-state index contributed by atoms with van der Waals surface area (Å²) >= 11 is 0. The molecule has 2 N–H and O–H groups in total. The van der Waals surface area contributed by atoms with Gasteiger partial charge in [-0.2, -0.15) is 4.98 Å². The summed E-state index contributed by atoms with van der Waals surface area (Å²) in [5.41, 5.74) is 5.37. The van der Waals surface area contributed by atoms with Gasteiger partial charge in [0.05, 0.1) is 4.92 Å². The van der Waals surface area contributed by atoms with Gasteiger partial charge in [0.1, 0.15) is 12.4 Å². The van der Waals surface area contributed by atoms with Gasteiger partial charge in [-0.05, 0) is 32.0 Å². The van der Waals surface area contributed by atoms with Gasteiger partial charge in [-0.15, -0.1) is 0 Å². The number of hydrogen-bond donors (Lipinski definition) is 1. The Balaban J connectivity index is 1.91. The second-order valence-corrected chi connectivity index (χ2v) is 4.57. The lowest BCUT2D eigenvalue weighted by molar-refractivity contribution is -0.386. The number of piperidine rings is 1. The lowest BCUT2D eigenvalue weighted by Gasteiger charge is -2.25. The van der Waals surface area contributed by atoms with Crippen LogP contribution in [0.3, 0.4) is 0 Å². The molecule has 1 aliphatic heterocycles. The Morgan fingerprint density at radius 2 is 2.11 bits per heavy atom. The lowest BCUT2D eigenvalue weighted by Crippen LogP contribution is -2.33. The van der Waals surface area contributed by atoms with E-state index in [0.29, 0.717) is 6.61 Å². The topological polar surface area (TPSA) is 94.5 Å². The van der Waals surface area contributed by atoms with Gasteiger partial charge in [-0.3, -0.25) is 15.0 Å². The molecule has 0 spiro atoms. The van der Waals surface area contributed by atoms with E-state index in [4.69, 9.17) is 10.5 Å². The third-order valence-electron chi connectivity index (χ3n) is 3.15. The molecular weight excluding hydrogens is 248 g/mol. The molecule has 0 atom stereocenters. The van der Waals surface area contributed by atoms with Gasteiger partial charge in [0.2, 0.25) is 0 Å². The van der Waals surface area contributed by atoms with E-state index in [1.54, 1.807) is 0 Å². The molecule has 7 nitrogen and oxygen atoms in total. The number of nitrogens with zero attached hydrogens (tertiary/aromatic N) is 3. The van der Waals surface area contributed by atoms with Crippen LogP contribution < -0.4 is 10.5 Å². The molecule has 0 amide bonds. The zero-order valence-corrected chi connectivity index (χ0v) is 10.7. The molecule has 0 aromatic carbocycles. The highest BCUT2D eigenvalue weighted by molar-refractivity contribution is 5.46. The Morgan fingerprint density at radius 1 is 1.37 bits per heavy atom. The number of anilines is 1. The first-order chi connectivity index (χ1) is 9.16. The van der Waals surface area contributed by atoms with Crippen molar-refractivity contribution in [2.75, 3.05) is 32.0 Å². The van der Waals surface area contributed by atoms with Crippen LogP contribution in [-0.4, -0.2) is 41.0 Å². The number of rotatable bonds is 5. The summed E-state index contributed by atoms with van der Waals surface area (Å²) in [4.78, 5) is 16.5. The van der Waals surface area contributed by atoms with E-state index in [-0.39, 0.29) is 17.4 Å². The fourth-order valence-electron chi connectivity index (χ4n) is 2.15. The predicted molar refractivity (Wildman–Crippen MR) is 71.1 cm³/mol. The minimum atomic E-state index is -0.511. The van der Waals surface area contributed by atoms with Crippen molar-refractivity contribution in [2.45, 2.75) is 19.3 Å². The van der Waals surface area contributed by atoms with Crippen LogP contribution in [0.25, 0.3) is 0 Å². The fraction of sp³-hybridized carbons (Fsp3) is 0.583. The van der Waals surface area contributed by atoms with E-state index >= 15 is 0 Å². The molecular formula is C12H18N4O3. The monoisotopic (exact) mass is 266 g/mol. The molecule has 0 unspecified atom stereocenters. The molecule has 19 heavy (non-hydrogen) atoms. The Kier molecular flexibility index (Phi) is 4.51. The van der Waals surface area contributed by atoms with Crippen molar-refractivity contribution in [1.29, 1.82) is 0 Å². The highest BCUT2D eigenvalue weighted by Crippen LogP contribution is 2.25. The van der Waals surface area contributed by atoms with Gasteiger partial charge in [0.25, 0.3) is 5.88 Å². The van der Waals surface area contributed by atoms with Crippen molar-refractivity contribution in [3.8, 4) is 5.88 Å². The van der Waals surface area contributed by atoms with Crippen molar-refractivity contribution in [3.05, 3.63) is 22.2 Å². The number of hydrogen-bond acceptors (Lipinski definition) is 6. The van der Waals surface area contributed by atoms with Crippen LogP contribution in [0.2, 0.25) is 0 Å². The molecule has 1 aromatic heterocycles. The molecule has 0 aliphatic carbocycles. The van der Waals surface area contributed by atoms with Gasteiger partial charge >= 0.3 is 5.69 Å². The van der Waals surface area contributed by atoms with Crippen LogP contribution >= 0.6 is 0 Å². The van der Waals surface area contributed by atoms with Crippen molar-refractivity contribution < 1.29 is 9.66 Å². The van der Waals surface area contributed by atoms with Crippen LogP contribution in [0.1, 0.15) is 19.3 Å². The Labute approximate surface area is 111 Å². The van der Waals surface area contributed by atoms with Crippen LogP contribution in [0.5, 0.6) is 5.88 Å². The molecule has 1 aliphatic rings. The maximum atomic E-state index is 10.8. The molecule has 2 heterocycles. The molecule has 1 saturated heterocycles. The maximum absolute atomic E-state index is 10.8. The van der Waals surface area contributed by atoms with Crippen molar-refractivity contribution >= 4 is 11.5 Å². The number of nitro groups is 1. The van der Waals surface area contributed by atoms with Crippen LogP contribution in [-0.2, 0) is 0 Å². The summed E-state index contributed by atoms with van der Waals surface area (Å²) in [6.45, 7) is 3.27. The van der Waals surface area contributed by atoms with Gasteiger partial charge < -0.3 is 10.5 Å². The second kappa shape index (κ2) is 6.33. The zero-order chi connectivity index (χ0) is 13.7. The summed E-state index contributed by atoms with van der Waals surface area (Å²) in [5.74, 6) is 0.223. The highest BCUT2D eigenvalue weighted by atomic mass is 16.6. The third kappa shape index (κ3) is 3.78. The van der Waals surface area contributed by atoms with Gasteiger partial charge in [-0.25, -0.2) is 0 Å². The normalized spacial score (nSPS) is 16.2. The van der Waals surface area contributed by atoms with Gasteiger partial charge in [-0.1, -0.05) is 6.42 Å². The number of nitrogens with two attached hydrogens (primary N) is 1. The number of pyridine rings is 1. The molecule has 104 valence electrons. The van der Waals surface area contributed by atoms with Crippen molar-refractivity contribution in [3.63, 3.8) is 0 Å². The number of ether oxygens (including phenoxy) is 1. The summed E-state index contributed by atoms with van der Waals surface area (Å²) in [5, 5.41) is 10.8. The smallest absolute Gasteiger partial charge is 0.331 e. The predicted octanol–water partition coefficient (Wildman–Crippen LogP) is 1.44. The summed E-state index contributed by atoms with van der Waals surface area (Å²) < 4.78 is 5.41.